The van der Waals surface area contributed by atoms with Crippen LogP contribution in [0.5, 0.6) is 5.75 Å². The Morgan fingerprint density at radius 3 is 2.89 bits per heavy atom. The summed E-state index contributed by atoms with van der Waals surface area (Å²) in [6.45, 7) is 4.39. The lowest BCUT2D eigenvalue weighted by Gasteiger charge is -2.39. The largest absolute Gasteiger partial charge is 0.497 e. The molecule has 0 aliphatic carbocycles. The van der Waals surface area contributed by atoms with E-state index in [4.69, 9.17) is 4.74 Å². The summed E-state index contributed by atoms with van der Waals surface area (Å²) in [6.07, 6.45) is 0.391. The van der Waals surface area contributed by atoms with E-state index in [-0.39, 0.29) is 17.9 Å². The van der Waals surface area contributed by atoms with Crippen LogP contribution >= 0.6 is 11.3 Å². The molecule has 144 valence electrons. The number of carbonyl (C=O) groups is 2. The molecule has 27 heavy (non-hydrogen) atoms. The lowest BCUT2D eigenvalue weighted by molar-refractivity contribution is -0.127. The fourth-order valence-electron chi connectivity index (χ4n) is 3.19. The maximum Gasteiger partial charge on any atom is 0.244 e. The second-order valence-electron chi connectivity index (χ2n) is 6.51. The van der Waals surface area contributed by atoms with E-state index in [9.17, 15) is 9.59 Å². The summed E-state index contributed by atoms with van der Waals surface area (Å²) < 4.78 is 5.25. The van der Waals surface area contributed by atoms with Crippen molar-refractivity contribution in [1.82, 2.24) is 10.2 Å². The van der Waals surface area contributed by atoms with E-state index < -0.39 is 0 Å². The number of anilines is 1. The van der Waals surface area contributed by atoms with Crippen LogP contribution in [0.3, 0.4) is 0 Å². The summed E-state index contributed by atoms with van der Waals surface area (Å²) >= 11 is 1.63. The molecule has 1 atom stereocenters. The standard InChI is InChI=1S/C20H25N3O3S/c1-15-20(25)23(16-5-3-6-17(13-16)26-2)11-10-22(15)9-8-19(24)21-14-18-7-4-12-27-18/h3-7,12-13,15H,8-11,14H2,1-2H3,(H,21,24)/t15-/m0/s1. The van der Waals surface area contributed by atoms with Crippen molar-refractivity contribution in [2.75, 3.05) is 31.6 Å². The lowest BCUT2D eigenvalue weighted by Crippen LogP contribution is -2.56. The summed E-state index contributed by atoms with van der Waals surface area (Å²) in [5, 5.41) is 4.93. The number of nitrogens with one attached hydrogen (secondary N) is 1. The van der Waals surface area contributed by atoms with Gasteiger partial charge in [-0.3, -0.25) is 14.5 Å². The van der Waals surface area contributed by atoms with Gasteiger partial charge in [0.15, 0.2) is 0 Å². The highest BCUT2D eigenvalue weighted by molar-refractivity contribution is 7.09. The molecule has 2 amide bonds. The van der Waals surface area contributed by atoms with Crippen molar-refractivity contribution in [3.63, 3.8) is 0 Å². The predicted molar refractivity (Wildman–Crippen MR) is 107 cm³/mol. The van der Waals surface area contributed by atoms with Crippen molar-refractivity contribution in [2.24, 2.45) is 0 Å². The first-order valence-corrected chi connectivity index (χ1v) is 9.95. The van der Waals surface area contributed by atoms with Crippen molar-refractivity contribution in [2.45, 2.75) is 25.9 Å². The Hall–Kier alpha value is -2.38. The molecule has 0 unspecified atom stereocenters. The highest BCUT2D eigenvalue weighted by Crippen LogP contribution is 2.24. The molecule has 0 saturated carbocycles. The van der Waals surface area contributed by atoms with Gasteiger partial charge in [-0.1, -0.05) is 12.1 Å². The number of methoxy groups -OCH3 is 1. The van der Waals surface area contributed by atoms with E-state index in [0.29, 0.717) is 26.1 Å². The highest BCUT2D eigenvalue weighted by Gasteiger charge is 2.32. The topological polar surface area (TPSA) is 61.9 Å². The average molecular weight is 388 g/mol. The van der Waals surface area contributed by atoms with Crippen LogP contribution in [0.4, 0.5) is 5.69 Å². The molecule has 1 aliphatic rings. The van der Waals surface area contributed by atoms with Crippen LogP contribution < -0.4 is 15.0 Å². The monoisotopic (exact) mass is 387 g/mol. The second kappa shape index (κ2) is 9.01. The zero-order valence-electron chi connectivity index (χ0n) is 15.7. The van der Waals surface area contributed by atoms with Gasteiger partial charge in [0.2, 0.25) is 11.8 Å². The molecule has 0 bridgehead atoms. The number of thiophene rings is 1. The second-order valence-corrected chi connectivity index (χ2v) is 7.54. The van der Waals surface area contributed by atoms with Crippen molar-refractivity contribution >= 4 is 28.8 Å². The van der Waals surface area contributed by atoms with Gasteiger partial charge in [0.1, 0.15) is 5.75 Å². The minimum absolute atomic E-state index is 0.0123. The van der Waals surface area contributed by atoms with E-state index in [0.717, 1.165) is 22.9 Å². The van der Waals surface area contributed by atoms with Gasteiger partial charge in [0, 0.05) is 42.7 Å². The van der Waals surface area contributed by atoms with E-state index in [2.05, 4.69) is 10.2 Å². The van der Waals surface area contributed by atoms with Crippen LogP contribution in [0.25, 0.3) is 0 Å². The molecule has 6 nitrogen and oxygen atoms in total. The third-order valence-electron chi connectivity index (χ3n) is 4.81. The van der Waals surface area contributed by atoms with Crippen LogP contribution in [0.1, 0.15) is 18.2 Å². The Kier molecular flexibility index (Phi) is 6.47. The predicted octanol–water partition coefficient (Wildman–Crippen LogP) is 2.50. The van der Waals surface area contributed by atoms with Gasteiger partial charge in [-0.15, -0.1) is 11.3 Å². The molecule has 1 aromatic heterocycles. The summed E-state index contributed by atoms with van der Waals surface area (Å²) in [6, 6.07) is 11.3. The molecule has 0 radical (unpaired) electrons. The maximum atomic E-state index is 12.8. The van der Waals surface area contributed by atoms with Crippen LogP contribution in [-0.4, -0.2) is 49.5 Å². The summed E-state index contributed by atoms with van der Waals surface area (Å²) in [5.41, 5.74) is 0.847. The third kappa shape index (κ3) is 4.87. The molecule has 2 aromatic rings. The summed E-state index contributed by atoms with van der Waals surface area (Å²) in [4.78, 5) is 29.9. The smallest absolute Gasteiger partial charge is 0.244 e. The van der Waals surface area contributed by atoms with Gasteiger partial charge in [-0.05, 0) is 30.5 Å². The zero-order valence-corrected chi connectivity index (χ0v) is 16.5. The normalized spacial score (nSPS) is 17.8. The molecule has 1 fully saturated rings. The quantitative estimate of drug-likeness (QED) is 0.793. The minimum Gasteiger partial charge on any atom is -0.497 e. The number of amides is 2. The number of piperazine rings is 1. The molecule has 3 rings (SSSR count). The van der Waals surface area contributed by atoms with Gasteiger partial charge < -0.3 is 15.0 Å². The Morgan fingerprint density at radius 1 is 1.30 bits per heavy atom. The Labute approximate surface area is 163 Å². The first-order valence-electron chi connectivity index (χ1n) is 9.07. The van der Waals surface area contributed by atoms with Gasteiger partial charge in [-0.2, -0.15) is 0 Å². The number of hydrogen-bond donors (Lipinski definition) is 1. The first kappa shape index (κ1) is 19.4. The number of ether oxygens (including phenoxy) is 1. The third-order valence-corrected chi connectivity index (χ3v) is 5.69. The minimum atomic E-state index is -0.255. The average Bonchev–Trinajstić information content (AvgIpc) is 3.21. The van der Waals surface area contributed by atoms with E-state index in [1.807, 2.05) is 48.7 Å². The van der Waals surface area contributed by atoms with Gasteiger partial charge in [0.05, 0.1) is 19.7 Å². The Morgan fingerprint density at radius 2 is 2.15 bits per heavy atom. The van der Waals surface area contributed by atoms with E-state index in [1.165, 1.54) is 0 Å². The number of hydrogen-bond acceptors (Lipinski definition) is 5. The molecule has 1 saturated heterocycles. The number of rotatable bonds is 7. The van der Waals surface area contributed by atoms with Gasteiger partial charge >= 0.3 is 0 Å². The first-order chi connectivity index (χ1) is 13.1. The number of benzene rings is 1. The number of nitrogens with zero attached hydrogens (tertiary/aromatic N) is 2. The van der Waals surface area contributed by atoms with E-state index >= 15 is 0 Å². The van der Waals surface area contributed by atoms with Crippen LogP contribution in [-0.2, 0) is 16.1 Å². The fourth-order valence-corrected chi connectivity index (χ4v) is 3.83. The fraction of sp³-hybridized carbons (Fsp3) is 0.400. The maximum absolute atomic E-state index is 12.8. The molecular weight excluding hydrogens is 362 g/mol. The van der Waals surface area contributed by atoms with Gasteiger partial charge in [0.25, 0.3) is 0 Å². The number of carbonyl (C=O) groups excluding carboxylic acids is 2. The molecule has 1 aromatic carbocycles. The van der Waals surface area contributed by atoms with Crippen molar-refractivity contribution in [3.8, 4) is 5.75 Å². The summed E-state index contributed by atoms with van der Waals surface area (Å²) in [7, 11) is 1.62. The molecule has 0 spiro atoms. The molecule has 1 aliphatic heterocycles. The van der Waals surface area contributed by atoms with Gasteiger partial charge in [-0.25, -0.2) is 0 Å². The van der Waals surface area contributed by atoms with Crippen LogP contribution in [0, 0.1) is 0 Å². The SMILES string of the molecule is COc1cccc(N2CCN(CCC(=O)NCc3cccs3)[C@@H](C)C2=O)c1. The highest BCUT2D eigenvalue weighted by atomic mass is 32.1. The van der Waals surface area contributed by atoms with Crippen LogP contribution in [0.15, 0.2) is 41.8 Å². The Bertz CT molecular complexity index is 779. The van der Waals surface area contributed by atoms with Crippen molar-refractivity contribution in [1.29, 1.82) is 0 Å². The summed E-state index contributed by atoms with van der Waals surface area (Å²) in [5.74, 6) is 0.796. The lowest BCUT2D eigenvalue weighted by atomic mass is 10.1. The molecule has 1 N–H and O–H groups in total. The van der Waals surface area contributed by atoms with Crippen molar-refractivity contribution < 1.29 is 14.3 Å². The van der Waals surface area contributed by atoms with Crippen LogP contribution in [0.2, 0.25) is 0 Å². The zero-order chi connectivity index (χ0) is 19.2. The Balaban J connectivity index is 1.51. The van der Waals surface area contributed by atoms with E-state index in [1.54, 1.807) is 23.3 Å². The van der Waals surface area contributed by atoms with Crippen molar-refractivity contribution in [3.05, 3.63) is 46.7 Å². The molecule has 2 heterocycles. The molecule has 7 heteroatoms. The molecular formula is C20H25N3O3S.